The van der Waals surface area contributed by atoms with Crippen molar-refractivity contribution in [3.63, 3.8) is 0 Å². The second-order valence-corrected chi connectivity index (χ2v) is 7.64. The Morgan fingerprint density at radius 2 is 1.88 bits per heavy atom. The Morgan fingerprint density at radius 1 is 1.12 bits per heavy atom. The standard InChI is InChI=1S/C22H29N7O4/c23-22(30)17-2-1-3-18(14-17)27-24-16-19-25-20(29-7-11-32-12-8-29)15-21(26-19)33-13-6-28-4-9-31-10-5-28/h1-3,14-16,27H,4-13H2,(H2,23,30)/b24-16+. The number of benzene rings is 1. The molecule has 3 N–H and O–H groups in total. The Morgan fingerprint density at radius 3 is 2.64 bits per heavy atom. The topological polar surface area (TPSA) is 127 Å². The Balaban J connectivity index is 1.44. The van der Waals surface area contributed by atoms with Crippen LogP contribution >= 0.6 is 0 Å². The number of ether oxygens (including phenoxy) is 3. The van der Waals surface area contributed by atoms with E-state index in [0.717, 1.165) is 51.8 Å². The molecule has 3 heterocycles. The van der Waals surface area contributed by atoms with Crippen LogP contribution in [0, 0.1) is 0 Å². The summed E-state index contributed by atoms with van der Waals surface area (Å²) in [6.07, 6.45) is 1.52. The lowest BCUT2D eigenvalue weighted by molar-refractivity contribution is 0.0320. The summed E-state index contributed by atoms with van der Waals surface area (Å²) in [5.41, 5.74) is 9.25. The highest BCUT2D eigenvalue weighted by molar-refractivity contribution is 5.93. The Labute approximate surface area is 192 Å². The van der Waals surface area contributed by atoms with E-state index in [2.05, 4.69) is 30.3 Å². The molecule has 2 aliphatic rings. The highest BCUT2D eigenvalue weighted by Crippen LogP contribution is 2.19. The predicted molar refractivity (Wildman–Crippen MR) is 124 cm³/mol. The summed E-state index contributed by atoms with van der Waals surface area (Å²) >= 11 is 0. The number of hydrogen-bond donors (Lipinski definition) is 2. The quantitative estimate of drug-likeness (QED) is 0.412. The summed E-state index contributed by atoms with van der Waals surface area (Å²) in [5.74, 6) is 1.19. The van der Waals surface area contributed by atoms with Crippen LogP contribution in [0.5, 0.6) is 5.88 Å². The van der Waals surface area contributed by atoms with Gasteiger partial charge in [0.25, 0.3) is 0 Å². The van der Waals surface area contributed by atoms with Gasteiger partial charge in [-0.3, -0.25) is 15.1 Å². The van der Waals surface area contributed by atoms with Crippen LogP contribution in [0.4, 0.5) is 11.5 Å². The smallest absolute Gasteiger partial charge is 0.248 e. The van der Waals surface area contributed by atoms with E-state index in [1.54, 1.807) is 24.3 Å². The Bertz CT molecular complexity index is 960. The molecule has 11 heteroatoms. The largest absolute Gasteiger partial charge is 0.476 e. The average molecular weight is 456 g/mol. The van der Waals surface area contributed by atoms with Gasteiger partial charge < -0.3 is 24.8 Å². The molecular weight excluding hydrogens is 426 g/mol. The number of morpholine rings is 2. The van der Waals surface area contributed by atoms with Crippen LogP contribution in [0.1, 0.15) is 16.2 Å². The fourth-order valence-electron chi connectivity index (χ4n) is 3.53. The first-order valence-electron chi connectivity index (χ1n) is 11.0. The molecule has 0 spiro atoms. The number of rotatable bonds is 9. The minimum Gasteiger partial charge on any atom is -0.476 e. The molecule has 0 saturated carbocycles. The highest BCUT2D eigenvalue weighted by Gasteiger charge is 2.16. The van der Waals surface area contributed by atoms with E-state index in [-0.39, 0.29) is 0 Å². The molecule has 2 aromatic rings. The SMILES string of the molecule is NC(=O)c1cccc(N/N=C/c2nc(OCCN3CCOCC3)cc(N3CCOCC3)n2)c1. The molecular formula is C22H29N7O4. The fourth-order valence-corrected chi connectivity index (χ4v) is 3.53. The van der Waals surface area contributed by atoms with Gasteiger partial charge >= 0.3 is 0 Å². The number of nitrogens with one attached hydrogen (secondary N) is 1. The minimum atomic E-state index is -0.497. The van der Waals surface area contributed by atoms with Crippen molar-refractivity contribution >= 4 is 23.6 Å². The van der Waals surface area contributed by atoms with Crippen LogP contribution in [0.15, 0.2) is 35.4 Å². The maximum atomic E-state index is 11.4. The summed E-state index contributed by atoms with van der Waals surface area (Å²) < 4.78 is 16.8. The number of nitrogens with two attached hydrogens (primary N) is 1. The van der Waals surface area contributed by atoms with E-state index in [1.807, 2.05) is 6.07 Å². The molecule has 0 unspecified atom stereocenters. The molecule has 0 bridgehead atoms. The van der Waals surface area contributed by atoms with Crippen molar-refractivity contribution in [1.82, 2.24) is 14.9 Å². The van der Waals surface area contributed by atoms with Crippen molar-refractivity contribution in [2.24, 2.45) is 10.8 Å². The summed E-state index contributed by atoms with van der Waals surface area (Å²) in [7, 11) is 0. The van der Waals surface area contributed by atoms with Gasteiger partial charge in [0.2, 0.25) is 11.8 Å². The third kappa shape index (κ3) is 6.85. The van der Waals surface area contributed by atoms with Crippen molar-refractivity contribution in [2.45, 2.75) is 0 Å². The minimum absolute atomic E-state index is 0.400. The van der Waals surface area contributed by atoms with Gasteiger partial charge in [0.15, 0.2) is 5.82 Å². The average Bonchev–Trinajstić information content (AvgIpc) is 2.85. The second-order valence-electron chi connectivity index (χ2n) is 7.64. The first kappa shape index (κ1) is 22.9. The molecule has 0 aliphatic carbocycles. The first-order valence-corrected chi connectivity index (χ1v) is 11.0. The maximum Gasteiger partial charge on any atom is 0.248 e. The molecule has 2 fully saturated rings. The molecule has 33 heavy (non-hydrogen) atoms. The zero-order valence-electron chi connectivity index (χ0n) is 18.5. The van der Waals surface area contributed by atoms with E-state index in [9.17, 15) is 4.79 Å². The van der Waals surface area contributed by atoms with Gasteiger partial charge in [0, 0.05) is 44.4 Å². The monoisotopic (exact) mass is 455 g/mol. The van der Waals surface area contributed by atoms with Crippen molar-refractivity contribution < 1.29 is 19.0 Å². The first-order chi connectivity index (χ1) is 16.2. The van der Waals surface area contributed by atoms with Gasteiger partial charge in [-0.25, -0.2) is 4.98 Å². The molecule has 2 saturated heterocycles. The third-order valence-electron chi connectivity index (χ3n) is 5.32. The van der Waals surface area contributed by atoms with Crippen LogP contribution in [0.2, 0.25) is 0 Å². The normalized spacial score (nSPS) is 17.3. The molecule has 1 aromatic carbocycles. The van der Waals surface area contributed by atoms with E-state index in [0.29, 0.717) is 42.8 Å². The molecule has 0 atom stereocenters. The molecule has 11 nitrogen and oxygen atoms in total. The van der Waals surface area contributed by atoms with Gasteiger partial charge in [-0.1, -0.05) is 6.07 Å². The van der Waals surface area contributed by atoms with E-state index in [4.69, 9.17) is 19.9 Å². The zero-order valence-corrected chi connectivity index (χ0v) is 18.5. The lowest BCUT2D eigenvalue weighted by atomic mass is 10.2. The van der Waals surface area contributed by atoms with Crippen LogP contribution in [-0.4, -0.2) is 92.7 Å². The Kier molecular flexibility index (Phi) is 8.01. The number of primary amides is 1. The van der Waals surface area contributed by atoms with E-state index < -0.39 is 5.91 Å². The lowest BCUT2D eigenvalue weighted by Crippen LogP contribution is -2.38. The molecule has 0 radical (unpaired) electrons. The van der Waals surface area contributed by atoms with Crippen LogP contribution in [0.3, 0.4) is 0 Å². The molecule has 176 valence electrons. The summed E-state index contributed by atoms with van der Waals surface area (Å²) in [6.45, 7) is 7.46. The molecule has 1 aromatic heterocycles. The number of hydrogen-bond acceptors (Lipinski definition) is 10. The fraction of sp³-hybridized carbons (Fsp3) is 0.455. The second kappa shape index (κ2) is 11.5. The molecule has 4 rings (SSSR count). The number of aromatic nitrogens is 2. The highest BCUT2D eigenvalue weighted by atomic mass is 16.5. The zero-order chi connectivity index (χ0) is 22.9. The number of amides is 1. The number of carbonyl (C=O) groups excluding carboxylic acids is 1. The van der Waals surface area contributed by atoms with Crippen LogP contribution < -0.4 is 20.8 Å². The van der Waals surface area contributed by atoms with Gasteiger partial charge in [0.05, 0.1) is 38.3 Å². The lowest BCUT2D eigenvalue weighted by Gasteiger charge is -2.28. The van der Waals surface area contributed by atoms with E-state index in [1.165, 1.54) is 6.21 Å². The van der Waals surface area contributed by atoms with Crippen molar-refractivity contribution in [1.29, 1.82) is 0 Å². The number of hydrazone groups is 1. The Hall–Kier alpha value is -3.28. The third-order valence-corrected chi connectivity index (χ3v) is 5.32. The van der Waals surface area contributed by atoms with Crippen LogP contribution in [-0.2, 0) is 9.47 Å². The summed E-state index contributed by atoms with van der Waals surface area (Å²) in [4.78, 5) is 24.9. The number of anilines is 2. The van der Waals surface area contributed by atoms with Crippen LogP contribution in [0.25, 0.3) is 0 Å². The number of carbonyl (C=O) groups is 1. The van der Waals surface area contributed by atoms with E-state index >= 15 is 0 Å². The predicted octanol–water partition coefficient (Wildman–Crippen LogP) is 0.569. The molecule has 1 amide bonds. The van der Waals surface area contributed by atoms with Crippen molar-refractivity contribution in [3.8, 4) is 5.88 Å². The van der Waals surface area contributed by atoms with Crippen molar-refractivity contribution in [3.05, 3.63) is 41.7 Å². The van der Waals surface area contributed by atoms with Gasteiger partial charge in [-0.05, 0) is 18.2 Å². The maximum absolute atomic E-state index is 11.4. The van der Waals surface area contributed by atoms with Gasteiger partial charge in [-0.15, -0.1) is 0 Å². The number of nitrogens with zero attached hydrogens (tertiary/aromatic N) is 5. The summed E-state index contributed by atoms with van der Waals surface area (Å²) in [6, 6.07) is 8.64. The van der Waals surface area contributed by atoms with Gasteiger partial charge in [-0.2, -0.15) is 10.1 Å². The summed E-state index contributed by atoms with van der Waals surface area (Å²) in [5, 5.41) is 4.22. The molecule has 2 aliphatic heterocycles. The van der Waals surface area contributed by atoms with Gasteiger partial charge in [0.1, 0.15) is 12.4 Å². The van der Waals surface area contributed by atoms with Crippen molar-refractivity contribution in [2.75, 3.05) is 76.1 Å².